The van der Waals surface area contributed by atoms with Crippen molar-refractivity contribution in [3.63, 3.8) is 0 Å². The highest BCUT2D eigenvalue weighted by Gasteiger charge is 1.93. The summed E-state index contributed by atoms with van der Waals surface area (Å²) in [6, 6.07) is 0. The smallest absolute Gasteiger partial charge is 0.0436 e. The van der Waals surface area contributed by atoms with Gasteiger partial charge in [0, 0.05) is 6.61 Å². The molecule has 1 nitrogen and oxygen atoms in total. The molecule has 0 rings (SSSR count). The minimum absolute atomic E-state index is 0.276. The first kappa shape index (κ1) is 10.4. The molecule has 0 spiro atoms. The first-order valence-electron chi connectivity index (χ1n) is 4.08. The monoisotopic (exact) mass is 154 g/mol. The van der Waals surface area contributed by atoms with Crippen LogP contribution in [0.3, 0.4) is 0 Å². The third-order valence-corrected chi connectivity index (χ3v) is 1.52. The van der Waals surface area contributed by atoms with Crippen LogP contribution in [-0.4, -0.2) is 11.7 Å². The van der Waals surface area contributed by atoms with Crippen LogP contribution in [-0.2, 0) is 0 Å². The second-order valence-electron chi connectivity index (χ2n) is 3.08. The van der Waals surface area contributed by atoms with Gasteiger partial charge in [0.25, 0.3) is 0 Å². The van der Waals surface area contributed by atoms with Crippen molar-refractivity contribution < 1.29 is 5.11 Å². The zero-order valence-electron chi connectivity index (χ0n) is 7.51. The topological polar surface area (TPSA) is 20.2 Å². The van der Waals surface area contributed by atoms with E-state index in [1.54, 1.807) is 0 Å². The summed E-state index contributed by atoms with van der Waals surface area (Å²) in [5, 5.41) is 8.59. The Morgan fingerprint density at radius 1 is 1.64 bits per heavy atom. The Morgan fingerprint density at radius 3 is 2.73 bits per heavy atom. The summed E-state index contributed by atoms with van der Waals surface area (Å²) in [5.74, 6) is 0.486. The van der Waals surface area contributed by atoms with Crippen molar-refractivity contribution in [3.8, 4) is 0 Å². The van der Waals surface area contributed by atoms with Crippen LogP contribution in [0, 0.1) is 5.92 Å². The summed E-state index contributed by atoms with van der Waals surface area (Å²) in [6.07, 6.45) is 6.05. The number of hydrogen-bond donors (Lipinski definition) is 1. The van der Waals surface area contributed by atoms with Gasteiger partial charge in [0.2, 0.25) is 0 Å². The van der Waals surface area contributed by atoms with Crippen molar-refractivity contribution >= 4 is 0 Å². The summed E-state index contributed by atoms with van der Waals surface area (Å²) in [7, 11) is 0. The molecule has 1 heteroatoms. The molecule has 0 aliphatic carbocycles. The van der Waals surface area contributed by atoms with Gasteiger partial charge in [0.1, 0.15) is 0 Å². The van der Waals surface area contributed by atoms with Crippen LogP contribution in [0.15, 0.2) is 24.3 Å². The van der Waals surface area contributed by atoms with E-state index in [9.17, 15) is 0 Å². The van der Waals surface area contributed by atoms with E-state index in [2.05, 4.69) is 25.7 Å². The van der Waals surface area contributed by atoms with Gasteiger partial charge in [0.05, 0.1) is 0 Å². The third kappa shape index (κ3) is 7.34. The maximum absolute atomic E-state index is 8.59. The second kappa shape index (κ2) is 6.17. The van der Waals surface area contributed by atoms with Gasteiger partial charge in [-0.3, -0.25) is 0 Å². The molecule has 1 unspecified atom stereocenters. The van der Waals surface area contributed by atoms with E-state index < -0.39 is 0 Å². The van der Waals surface area contributed by atoms with E-state index >= 15 is 0 Å². The molecule has 0 radical (unpaired) electrons. The number of rotatable bonds is 5. The third-order valence-electron chi connectivity index (χ3n) is 1.52. The average molecular weight is 154 g/mol. The van der Waals surface area contributed by atoms with Crippen LogP contribution in [0.5, 0.6) is 0 Å². The molecule has 0 bridgehead atoms. The molecule has 0 amide bonds. The fourth-order valence-electron chi connectivity index (χ4n) is 0.801. The van der Waals surface area contributed by atoms with Gasteiger partial charge >= 0.3 is 0 Å². The summed E-state index contributed by atoms with van der Waals surface area (Å²) in [6.45, 7) is 8.19. The molecule has 1 atom stereocenters. The van der Waals surface area contributed by atoms with Crippen molar-refractivity contribution in [3.05, 3.63) is 24.3 Å². The molecule has 0 aliphatic rings. The fourth-order valence-corrected chi connectivity index (χ4v) is 0.801. The maximum Gasteiger partial charge on any atom is 0.0436 e. The quantitative estimate of drug-likeness (QED) is 0.603. The number of allylic oxidation sites excluding steroid dienone is 3. The summed E-state index contributed by atoms with van der Waals surface area (Å²) < 4.78 is 0. The molecule has 0 aromatic rings. The molecular formula is C10H18O. The predicted octanol–water partition coefficient (Wildman–Crippen LogP) is 2.53. The number of aliphatic hydroxyl groups excluding tert-OH is 1. The molecule has 0 aliphatic heterocycles. The average Bonchev–Trinajstić information content (AvgIpc) is 1.87. The highest BCUT2D eigenvalue weighted by atomic mass is 16.2. The van der Waals surface area contributed by atoms with Gasteiger partial charge in [-0.25, -0.2) is 0 Å². The molecule has 64 valence electrons. The largest absolute Gasteiger partial charge is 0.396 e. The molecule has 0 saturated carbocycles. The molecule has 11 heavy (non-hydrogen) atoms. The van der Waals surface area contributed by atoms with Crippen LogP contribution in [0.2, 0.25) is 0 Å². The Labute approximate surface area is 69.4 Å². The van der Waals surface area contributed by atoms with E-state index in [-0.39, 0.29) is 6.61 Å². The minimum Gasteiger partial charge on any atom is -0.396 e. The zero-order valence-corrected chi connectivity index (χ0v) is 7.51. The van der Waals surface area contributed by atoms with E-state index in [1.165, 1.54) is 5.57 Å². The Hall–Kier alpha value is -0.560. The van der Waals surface area contributed by atoms with Crippen LogP contribution < -0.4 is 0 Å². The fraction of sp³-hybridized carbons (Fsp3) is 0.600. The van der Waals surface area contributed by atoms with Crippen molar-refractivity contribution in [1.29, 1.82) is 0 Å². The van der Waals surface area contributed by atoms with E-state index in [0.29, 0.717) is 5.92 Å². The highest BCUT2D eigenvalue weighted by Crippen LogP contribution is 2.05. The lowest BCUT2D eigenvalue weighted by Crippen LogP contribution is -1.92. The van der Waals surface area contributed by atoms with Crippen molar-refractivity contribution in [2.45, 2.75) is 26.7 Å². The molecule has 1 N–H and O–H groups in total. The van der Waals surface area contributed by atoms with Gasteiger partial charge < -0.3 is 5.11 Å². The molecule has 0 saturated heterocycles. The lowest BCUT2D eigenvalue weighted by molar-refractivity contribution is 0.274. The molecule has 0 aromatic carbocycles. The van der Waals surface area contributed by atoms with Crippen LogP contribution >= 0.6 is 0 Å². The molecular weight excluding hydrogens is 136 g/mol. The van der Waals surface area contributed by atoms with E-state index in [0.717, 1.165) is 12.8 Å². The maximum atomic E-state index is 8.59. The van der Waals surface area contributed by atoms with Gasteiger partial charge in [-0.1, -0.05) is 31.2 Å². The predicted molar refractivity (Wildman–Crippen MR) is 49.4 cm³/mol. The SMILES string of the molecule is C=C(C)C/C=C/C(C)CCO. The van der Waals surface area contributed by atoms with Crippen molar-refractivity contribution in [2.75, 3.05) is 6.61 Å². The second-order valence-corrected chi connectivity index (χ2v) is 3.08. The summed E-state index contributed by atoms with van der Waals surface area (Å²) >= 11 is 0. The van der Waals surface area contributed by atoms with Crippen LogP contribution in [0.4, 0.5) is 0 Å². The zero-order chi connectivity index (χ0) is 8.69. The van der Waals surface area contributed by atoms with Gasteiger partial charge in [-0.15, -0.1) is 0 Å². The molecule has 0 heterocycles. The first-order valence-corrected chi connectivity index (χ1v) is 4.08. The number of aliphatic hydroxyl groups is 1. The molecule has 0 fully saturated rings. The van der Waals surface area contributed by atoms with Gasteiger partial charge in [-0.05, 0) is 25.7 Å². The standard InChI is InChI=1S/C10H18O/c1-9(2)5-4-6-10(3)7-8-11/h4,6,10-11H,1,5,7-8H2,2-3H3/b6-4+. The lowest BCUT2D eigenvalue weighted by Gasteiger charge is -2.01. The first-order chi connectivity index (χ1) is 5.16. The molecule has 0 aromatic heterocycles. The number of hydrogen-bond acceptors (Lipinski definition) is 1. The van der Waals surface area contributed by atoms with Crippen molar-refractivity contribution in [2.24, 2.45) is 5.92 Å². The lowest BCUT2D eigenvalue weighted by atomic mass is 10.1. The Bertz CT molecular complexity index is 136. The normalized spacial score (nSPS) is 13.7. The minimum atomic E-state index is 0.276. The summed E-state index contributed by atoms with van der Waals surface area (Å²) in [5.41, 5.74) is 1.18. The van der Waals surface area contributed by atoms with Crippen molar-refractivity contribution in [1.82, 2.24) is 0 Å². The Morgan fingerprint density at radius 2 is 2.27 bits per heavy atom. The van der Waals surface area contributed by atoms with Gasteiger partial charge in [0.15, 0.2) is 0 Å². The van der Waals surface area contributed by atoms with Crippen LogP contribution in [0.25, 0.3) is 0 Å². The summed E-state index contributed by atoms with van der Waals surface area (Å²) in [4.78, 5) is 0. The van der Waals surface area contributed by atoms with E-state index in [4.69, 9.17) is 5.11 Å². The van der Waals surface area contributed by atoms with Gasteiger partial charge in [-0.2, -0.15) is 0 Å². The Kier molecular flexibility index (Phi) is 5.86. The van der Waals surface area contributed by atoms with E-state index in [1.807, 2.05) is 6.92 Å². The Balaban J connectivity index is 3.47. The highest BCUT2D eigenvalue weighted by molar-refractivity contribution is 4.99. The van der Waals surface area contributed by atoms with Crippen LogP contribution in [0.1, 0.15) is 26.7 Å².